The maximum atomic E-state index is 12.4. The van der Waals surface area contributed by atoms with E-state index >= 15 is 0 Å². The number of anilines is 1. The van der Waals surface area contributed by atoms with E-state index in [1.807, 2.05) is 47.0 Å². The minimum atomic E-state index is -0.159. The van der Waals surface area contributed by atoms with Gasteiger partial charge < -0.3 is 14.5 Å². The molecule has 4 aromatic rings. The summed E-state index contributed by atoms with van der Waals surface area (Å²) in [4.78, 5) is 17.0. The van der Waals surface area contributed by atoms with E-state index in [0.717, 1.165) is 28.3 Å². The Bertz CT molecular complexity index is 1100. The number of amides is 1. The lowest BCUT2D eigenvalue weighted by Crippen LogP contribution is -2.11. The molecule has 0 unspecified atom stereocenters. The number of hydrogen-bond acceptors (Lipinski definition) is 3. The lowest BCUT2D eigenvalue weighted by molar-refractivity contribution is 0.102. The fraction of sp³-hybridized carbons (Fsp3) is 0.0909. The van der Waals surface area contributed by atoms with Crippen molar-refractivity contribution in [3.63, 3.8) is 0 Å². The van der Waals surface area contributed by atoms with Crippen LogP contribution in [0.2, 0.25) is 0 Å². The molecule has 4 rings (SSSR count). The molecule has 2 aromatic carbocycles. The molecule has 0 spiro atoms. The van der Waals surface area contributed by atoms with Crippen LogP contribution < -0.4 is 10.1 Å². The molecule has 0 saturated carbocycles. The fourth-order valence-electron chi connectivity index (χ4n) is 2.91. The van der Waals surface area contributed by atoms with Gasteiger partial charge in [-0.25, -0.2) is 4.98 Å². The fourth-order valence-corrected chi connectivity index (χ4v) is 2.91. The van der Waals surface area contributed by atoms with Gasteiger partial charge >= 0.3 is 0 Å². The summed E-state index contributed by atoms with van der Waals surface area (Å²) < 4.78 is 7.13. The van der Waals surface area contributed by atoms with Gasteiger partial charge in [-0.2, -0.15) is 0 Å². The zero-order valence-corrected chi connectivity index (χ0v) is 15.1. The molecular weight excluding hydrogens is 338 g/mol. The van der Waals surface area contributed by atoms with E-state index in [1.165, 1.54) is 5.56 Å². The second-order valence-electron chi connectivity index (χ2n) is 6.36. The van der Waals surface area contributed by atoms with Crippen LogP contribution in [0, 0.1) is 6.92 Å². The Labute approximate surface area is 157 Å². The van der Waals surface area contributed by atoms with Crippen LogP contribution in [0.1, 0.15) is 15.9 Å². The third kappa shape index (κ3) is 3.53. The van der Waals surface area contributed by atoms with Crippen LogP contribution in [0.5, 0.6) is 5.75 Å². The van der Waals surface area contributed by atoms with Crippen LogP contribution in [0.15, 0.2) is 73.1 Å². The van der Waals surface area contributed by atoms with E-state index in [-0.39, 0.29) is 5.91 Å². The number of nitrogens with zero attached hydrogens (tertiary/aromatic N) is 2. The molecule has 1 amide bonds. The van der Waals surface area contributed by atoms with Crippen LogP contribution in [-0.4, -0.2) is 22.4 Å². The number of fused-ring (bicyclic) bond motifs is 1. The van der Waals surface area contributed by atoms with Gasteiger partial charge in [-0.1, -0.05) is 18.2 Å². The van der Waals surface area contributed by atoms with Gasteiger partial charge in [0.15, 0.2) is 0 Å². The molecular formula is C22H19N3O2. The van der Waals surface area contributed by atoms with E-state index in [1.54, 1.807) is 31.4 Å². The molecule has 0 bridgehead atoms. The Balaban J connectivity index is 1.51. The predicted molar refractivity (Wildman–Crippen MR) is 106 cm³/mol. The summed E-state index contributed by atoms with van der Waals surface area (Å²) in [6.45, 7) is 2.05. The molecule has 0 radical (unpaired) electrons. The summed E-state index contributed by atoms with van der Waals surface area (Å²) in [5.74, 6) is 0.562. The van der Waals surface area contributed by atoms with E-state index in [4.69, 9.17) is 4.74 Å². The standard InChI is InChI=1S/C22H19N3O2/c1-15-3-12-21-24-20(14-25(21)13-15)16-4-8-18(9-5-16)23-22(26)17-6-10-19(27-2)11-7-17/h3-14H,1-2H3,(H,23,26). The second kappa shape index (κ2) is 6.96. The third-order valence-electron chi connectivity index (χ3n) is 4.39. The van der Waals surface area contributed by atoms with Gasteiger partial charge in [-0.3, -0.25) is 4.79 Å². The Morgan fingerprint density at radius 1 is 0.963 bits per heavy atom. The molecule has 5 heteroatoms. The molecule has 134 valence electrons. The van der Waals surface area contributed by atoms with Crippen molar-refractivity contribution < 1.29 is 9.53 Å². The maximum absolute atomic E-state index is 12.4. The number of methoxy groups -OCH3 is 1. The van der Waals surface area contributed by atoms with Gasteiger partial charge in [0.1, 0.15) is 11.4 Å². The van der Waals surface area contributed by atoms with Crippen molar-refractivity contribution in [1.82, 2.24) is 9.38 Å². The summed E-state index contributed by atoms with van der Waals surface area (Å²) in [6.07, 6.45) is 4.06. The number of hydrogen-bond donors (Lipinski definition) is 1. The first kappa shape index (κ1) is 16.8. The van der Waals surface area contributed by atoms with Crippen LogP contribution in [0.4, 0.5) is 5.69 Å². The van der Waals surface area contributed by atoms with Crippen molar-refractivity contribution in [3.8, 4) is 17.0 Å². The molecule has 0 atom stereocenters. The van der Waals surface area contributed by atoms with E-state index in [2.05, 4.69) is 23.4 Å². The van der Waals surface area contributed by atoms with E-state index in [0.29, 0.717) is 5.56 Å². The molecule has 0 aliphatic carbocycles. The number of carbonyl (C=O) groups excluding carboxylic acids is 1. The van der Waals surface area contributed by atoms with Gasteiger partial charge in [-0.05, 0) is 55.0 Å². The largest absolute Gasteiger partial charge is 0.497 e. The molecule has 0 aliphatic rings. The number of ether oxygens (including phenoxy) is 1. The Kier molecular flexibility index (Phi) is 4.34. The molecule has 27 heavy (non-hydrogen) atoms. The summed E-state index contributed by atoms with van der Waals surface area (Å²) in [6, 6.07) is 18.7. The highest BCUT2D eigenvalue weighted by Gasteiger charge is 2.08. The highest BCUT2D eigenvalue weighted by Crippen LogP contribution is 2.22. The molecule has 0 saturated heterocycles. The first-order chi connectivity index (χ1) is 13.1. The van der Waals surface area contributed by atoms with Gasteiger partial charge in [0, 0.05) is 29.2 Å². The minimum Gasteiger partial charge on any atom is -0.497 e. The van der Waals surface area contributed by atoms with E-state index < -0.39 is 0 Å². The number of benzene rings is 2. The summed E-state index contributed by atoms with van der Waals surface area (Å²) in [7, 11) is 1.60. The normalized spacial score (nSPS) is 10.7. The molecule has 1 N–H and O–H groups in total. The SMILES string of the molecule is COc1ccc(C(=O)Nc2ccc(-c3cn4cc(C)ccc4n3)cc2)cc1. The number of nitrogens with one attached hydrogen (secondary N) is 1. The first-order valence-corrected chi connectivity index (χ1v) is 8.63. The maximum Gasteiger partial charge on any atom is 0.255 e. The molecule has 2 heterocycles. The third-order valence-corrected chi connectivity index (χ3v) is 4.39. The number of carbonyl (C=O) groups is 1. The molecule has 5 nitrogen and oxygen atoms in total. The van der Waals surface area contributed by atoms with Crippen LogP contribution >= 0.6 is 0 Å². The monoisotopic (exact) mass is 357 g/mol. The van der Waals surface area contributed by atoms with Gasteiger partial charge in [0.05, 0.1) is 12.8 Å². The topological polar surface area (TPSA) is 55.6 Å². The Morgan fingerprint density at radius 3 is 2.41 bits per heavy atom. The highest BCUT2D eigenvalue weighted by molar-refractivity contribution is 6.04. The smallest absolute Gasteiger partial charge is 0.255 e. The van der Waals surface area contributed by atoms with Crippen molar-refractivity contribution in [3.05, 3.63) is 84.2 Å². The van der Waals surface area contributed by atoms with Crippen molar-refractivity contribution in [2.45, 2.75) is 6.92 Å². The van der Waals surface area contributed by atoms with Gasteiger partial charge in [0.2, 0.25) is 0 Å². The quantitative estimate of drug-likeness (QED) is 0.582. The highest BCUT2D eigenvalue weighted by atomic mass is 16.5. The number of rotatable bonds is 4. The Hall–Kier alpha value is -3.60. The minimum absolute atomic E-state index is 0.159. The lowest BCUT2D eigenvalue weighted by Gasteiger charge is -2.07. The van der Waals surface area contributed by atoms with Crippen molar-refractivity contribution in [2.75, 3.05) is 12.4 Å². The molecule has 2 aromatic heterocycles. The number of pyridine rings is 1. The molecule has 0 aliphatic heterocycles. The van der Waals surface area contributed by atoms with Crippen molar-refractivity contribution >= 4 is 17.2 Å². The average Bonchev–Trinajstić information content (AvgIpc) is 3.11. The van der Waals surface area contributed by atoms with Gasteiger partial charge in [0.25, 0.3) is 5.91 Å². The zero-order chi connectivity index (χ0) is 18.8. The second-order valence-corrected chi connectivity index (χ2v) is 6.36. The summed E-state index contributed by atoms with van der Waals surface area (Å²) in [5, 5.41) is 2.90. The predicted octanol–water partition coefficient (Wildman–Crippen LogP) is 4.57. The number of aryl methyl sites for hydroxylation is 1. The van der Waals surface area contributed by atoms with Crippen molar-refractivity contribution in [1.29, 1.82) is 0 Å². The first-order valence-electron chi connectivity index (χ1n) is 8.63. The number of aromatic nitrogens is 2. The zero-order valence-electron chi connectivity index (χ0n) is 15.1. The van der Waals surface area contributed by atoms with Crippen LogP contribution in [-0.2, 0) is 0 Å². The number of imidazole rings is 1. The summed E-state index contributed by atoms with van der Waals surface area (Å²) in [5.41, 5.74) is 5.30. The van der Waals surface area contributed by atoms with E-state index in [9.17, 15) is 4.79 Å². The van der Waals surface area contributed by atoms with Gasteiger partial charge in [-0.15, -0.1) is 0 Å². The summed E-state index contributed by atoms with van der Waals surface area (Å²) >= 11 is 0. The van der Waals surface area contributed by atoms with Crippen LogP contribution in [0.25, 0.3) is 16.9 Å². The average molecular weight is 357 g/mol. The lowest BCUT2D eigenvalue weighted by atomic mass is 10.1. The Morgan fingerprint density at radius 2 is 1.70 bits per heavy atom. The van der Waals surface area contributed by atoms with Crippen molar-refractivity contribution in [2.24, 2.45) is 0 Å². The van der Waals surface area contributed by atoms with Crippen LogP contribution in [0.3, 0.4) is 0 Å². The molecule has 0 fully saturated rings.